The van der Waals surface area contributed by atoms with Crippen LogP contribution in [0.2, 0.25) is 0 Å². The highest BCUT2D eigenvalue weighted by Gasteiger charge is 2.36. The van der Waals surface area contributed by atoms with Crippen LogP contribution in [0, 0.1) is 5.82 Å². The average molecular weight is 318 g/mol. The number of pyridine rings is 1. The highest BCUT2D eigenvalue weighted by atomic mass is 19.1. The molecule has 0 unspecified atom stereocenters. The van der Waals surface area contributed by atoms with E-state index in [0.717, 1.165) is 16.5 Å². The van der Waals surface area contributed by atoms with Gasteiger partial charge in [0.1, 0.15) is 11.4 Å². The van der Waals surface area contributed by atoms with Gasteiger partial charge in [-0.15, -0.1) is 0 Å². The molecule has 1 aliphatic heterocycles. The number of halogens is 1. The normalized spacial score (nSPS) is 16.0. The number of carbonyl (C=O) groups is 1. The number of aromatic nitrogens is 1. The number of hydrogen-bond donors (Lipinski definition) is 0. The van der Waals surface area contributed by atoms with Crippen molar-refractivity contribution >= 4 is 22.4 Å². The molecule has 2 heterocycles. The van der Waals surface area contributed by atoms with Gasteiger partial charge < -0.3 is 0 Å². The number of fused-ring (bicyclic) bond motifs is 2. The highest BCUT2D eigenvalue weighted by Crippen LogP contribution is 2.30. The van der Waals surface area contributed by atoms with Gasteiger partial charge >= 0.3 is 0 Å². The monoisotopic (exact) mass is 318 g/mol. The summed E-state index contributed by atoms with van der Waals surface area (Å²) in [5, 5.41) is 0.996. The molecule has 0 aliphatic carbocycles. The minimum absolute atomic E-state index is 0.172. The van der Waals surface area contributed by atoms with Crippen LogP contribution in [0.1, 0.15) is 35.3 Å². The number of benzene rings is 2. The van der Waals surface area contributed by atoms with Crippen molar-refractivity contribution in [2.75, 3.05) is 0 Å². The predicted octanol–water partition coefficient (Wildman–Crippen LogP) is 4.19. The lowest BCUT2D eigenvalue weighted by Gasteiger charge is -2.27. The molecule has 0 spiro atoms. The van der Waals surface area contributed by atoms with E-state index >= 15 is 0 Å². The second-order valence-electron chi connectivity index (χ2n) is 6.46. The van der Waals surface area contributed by atoms with Gasteiger partial charge in [-0.1, -0.05) is 18.2 Å². The van der Waals surface area contributed by atoms with Crippen LogP contribution in [-0.2, 0) is 0 Å². The molecule has 4 rings (SSSR count). The molecule has 0 fully saturated rings. The first-order valence-corrected chi connectivity index (χ1v) is 7.75. The van der Waals surface area contributed by atoms with Gasteiger partial charge in [-0.05, 0) is 44.2 Å². The second-order valence-corrected chi connectivity index (χ2v) is 6.46. The first-order valence-electron chi connectivity index (χ1n) is 7.75. The Bertz CT molecular complexity index is 1020. The summed E-state index contributed by atoms with van der Waals surface area (Å²) in [4.78, 5) is 21.7. The van der Waals surface area contributed by atoms with Crippen molar-refractivity contribution in [3.63, 3.8) is 0 Å². The van der Waals surface area contributed by atoms with Crippen LogP contribution in [0.15, 0.2) is 59.7 Å². The van der Waals surface area contributed by atoms with Crippen LogP contribution in [0.3, 0.4) is 0 Å². The van der Waals surface area contributed by atoms with Crippen molar-refractivity contribution in [3.8, 4) is 0 Å². The van der Waals surface area contributed by atoms with E-state index in [1.54, 1.807) is 26.1 Å². The van der Waals surface area contributed by atoms with Gasteiger partial charge in [-0.2, -0.15) is 0 Å². The molecule has 0 radical (unpaired) electrons. The van der Waals surface area contributed by atoms with Gasteiger partial charge in [0.2, 0.25) is 0 Å². The van der Waals surface area contributed by atoms with Crippen molar-refractivity contribution in [1.29, 1.82) is 0 Å². The maximum atomic E-state index is 13.7. The van der Waals surface area contributed by atoms with Crippen molar-refractivity contribution in [2.45, 2.75) is 19.4 Å². The number of Topliss-reactive ketones (excluding diaryl/α,β-unsaturated/α-hetero) is 1. The fraction of sp³-hybridized carbons (Fsp3) is 0.150. The molecule has 0 saturated heterocycles. The summed E-state index contributed by atoms with van der Waals surface area (Å²) in [6.07, 6.45) is 1.75. The van der Waals surface area contributed by atoms with Crippen molar-refractivity contribution in [2.24, 2.45) is 4.99 Å². The number of hydrogen-bond acceptors (Lipinski definition) is 3. The van der Waals surface area contributed by atoms with Crippen molar-refractivity contribution < 1.29 is 9.18 Å². The molecule has 0 saturated carbocycles. The Morgan fingerprint density at radius 3 is 2.62 bits per heavy atom. The fourth-order valence-corrected chi connectivity index (χ4v) is 3.05. The van der Waals surface area contributed by atoms with Gasteiger partial charge in [-0.3, -0.25) is 14.8 Å². The summed E-state index contributed by atoms with van der Waals surface area (Å²) in [5.41, 5.74) is 2.49. The minimum atomic E-state index is -0.929. The molecule has 1 aliphatic rings. The lowest BCUT2D eigenvalue weighted by Crippen LogP contribution is -2.36. The zero-order valence-electron chi connectivity index (χ0n) is 13.4. The number of aliphatic imine (C=N–C) groups is 1. The zero-order chi connectivity index (χ0) is 16.9. The maximum Gasteiger partial charge on any atom is 0.190 e. The lowest BCUT2D eigenvalue weighted by molar-refractivity contribution is 0.0912. The molecule has 0 N–H and O–H groups in total. The zero-order valence-corrected chi connectivity index (χ0v) is 13.4. The second kappa shape index (κ2) is 5.06. The van der Waals surface area contributed by atoms with Gasteiger partial charge in [-0.25, -0.2) is 4.39 Å². The Balaban J connectivity index is 1.97. The molecule has 24 heavy (non-hydrogen) atoms. The first-order chi connectivity index (χ1) is 11.5. The number of carbonyl (C=O) groups excluding carboxylic acids is 1. The third-order valence-corrected chi connectivity index (χ3v) is 4.29. The Hall–Kier alpha value is -2.88. The summed E-state index contributed by atoms with van der Waals surface area (Å²) < 4.78 is 13.7. The molecule has 3 aromatic rings. The van der Waals surface area contributed by atoms with E-state index in [1.165, 1.54) is 12.1 Å². The largest absolute Gasteiger partial charge is 0.291 e. The summed E-state index contributed by atoms with van der Waals surface area (Å²) in [6, 6.07) is 14.1. The molecule has 3 nitrogen and oxygen atoms in total. The van der Waals surface area contributed by atoms with Crippen LogP contribution in [0.4, 0.5) is 4.39 Å². The number of nitrogens with zero attached hydrogens (tertiary/aromatic N) is 2. The lowest BCUT2D eigenvalue weighted by atomic mass is 9.84. The summed E-state index contributed by atoms with van der Waals surface area (Å²) >= 11 is 0. The molecule has 0 bridgehead atoms. The SMILES string of the molecule is CC1(C)N=C(c2cnc3ccccc3c2)c2ccc(F)cc2C1=O. The molecular formula is C20H15FN2O. The Labute approximate surface area is 138 Å². The van der Waals surface area contributed by atoms with E-state index in [9.17, 15) is 9.18 Å². The minimum Gasteiger partial charge on any atom is -0.291 e. The van der Waals surface area contributed by atoms with Crippen molar-refractivity contribution in [3.05, 3.63) is 77.2 Å². The number of rotatable bonds is 1. The molecule has 1 aromatic heterocycles. The van der Waals surface area contributed by atoms with Gasteiger partial charge in [0.15, 0.2) is 5.78 Å². The van der Waals surface area contributed by atoms with E-state index in [0.29, 0.717) is 16.8 Å². The van der Waals surface area contributed by atoms with Crippen LogP contribution in [0.25, 0.3) is 10.9 Å². The maximum absolute atomic E-state index is 13.7. The smallest absolute Gasteiger partial charge is 0.190 e. The standard InChI is InChI=1S/C20H15FN2O/c1-20(2)19(24)16-10-14(21)7-8-15(16)18(23-20)13-9-12-5-3-4-6-17(12)22-11-13/h3-11H,1-2H3. The van der Waals surface area contributed by atoms with Crippen LogP contribution >= 0.6 is 0 Å². The molecule has 0 amide bonds. The summed E-state index contributed by atoms with van der Waals surface area (Å²) in [6.45, 7) is 3.50. The van der Waals surface area contributed by atoms with E-state index in [2.05, 4.69) is 9.98 Å². The van der Waals surface area contributed by atoms with E-state index in [4.69, 9.17) is 0 Å². The number of para-hydroxylation sites is 1. The predicted molar refractivity (Wildman–Crippen MR) is 92.2 cm³/mol. The summed E-state index contributed by atoms with van der Waals surface area (Å²) in [5.74, 6) is -0.592. The Kier molecular flexibility index (Phi) is 3.10. The Morgan fingerprint density at radius 2 is 1.79 bits per heavy atom. The summed E-state index contributed by atoms with van der Waals surface area (Å²) in [7, 11) is 0. The molecular weight excluding hydrogens is 303 g/mol. The van der Waals surface area contributed by atoms with Gasteiger partial charge in [0.25, 0.3) is 0 Å². The van der Waals surface area contributed by atoms with E-state index < -0.39 is 11.4 Å². The third-order valence-electron chi connectivity index (χ3n) is 4.29. The number of ketones is 1. The fourth-order valence-electron chi connectivity index (χ4n) is 3.05. The molecule has 0 atom stereocenters. The van der Waals surface area contributed by atoms with Crippen LogP contribution in [-0.4, -0.2) is 22.0 Å². The van der Waals surface area contributed by atoms with E-state index in [-0.39, 0.29) is 5.78 Å². The van der Waals surface area contributed by atoms with Gasteiger partial charge in [0, 0.05) is 28.3 Å². The molecule has 4 heteroatoms. The quantitative estimate of drug-likeness (QED) is 0.675. The molecule has 118 valence electrons. The van der Waals surface area contributed by atoms with Crippen LogP contribution < -0.4 is 0 Å². The van der Waals surface area contributed by atoms with E-state index in [1.807, 2.05) is 30.3 Å². The average Bonchev–Trinajstić information content (AvgIpc) is 2.58. The molecule has 2 aromatic carbocycles. The Morgan fingerprint density at radius 1 is 1.00 bits per heavy atom. The highest BCUT2D eigenvalue weighted by molar-refractivity contribution is 6.24. The van der Waals surface area contributed by atoms with Crippen LogP contribution in [0.5, 0.6) is 0 Å². The van der Waals surface area contributed by atoms with Gasteiger partial charge in [0.05, 0.1) is 11.2 Å². The third kappa shape index (κ3) is 2.22. The first kappa shape index (κ1) is 14.7. The topological polar surface area (TPSA) is 42.3 Å². The van der Waals surface area contributed by atoms with Crippen molar-refractivity contribution in [1.82, 2.24) is 4.98 Å².